The van der Waals surface area contributed by atoms with Gasteiger partial charge in [-0.2, -0.15) is 12.6 Å². The highest BCUT2D eigenvalue weighted by Gasteiger charge is 2.21. The minimum absolute atomic E-state index is 0.0293. The highest BCUT2D eigenvalue weighted by atomic mass is 32.3. The lowest BCUT2D eigenvalue weighted by atomic mass is 9.97. The number of primary sulfonamides is 1. The molecule has 1 heterocycles. The van der Waals surface area contributed by atoms with Crippen LogP contribution in [0.5, 0.6) is 0 Å². The van der Waals surface area contributed by atoms with Gasteiger partial charge in [0.2, 0.25) is 10.0 Å². The summed E-state index contributed by atoms with van der Waals surface area (Å²) in [5.41, 5.74) is 0. The molecule has 4 N–H and O–H groups in total. The summed E-state index contributed by atoms with van der Waals surface area (Å²) >= 11 is 7.20. The number of sulfonamides is 1. The van der Waals surface area contributed by atoms with Gasteiger partial charge < -0.3 is 10.2 Å². The van der Waals surface area contributed by atoms with Crippen molar-refractivity contribution in [2.45, 2.75) is 82.5 Å². The minimum Gasteiger partial charge on any atom is -0.393 e. The molecule has 0 aromatic carbocycles. The van der Waals surface area contributed by atoms with Crippen molar-refractivity contribution in [3.63, 3.8) is 0 Å². The number of thiol groups is 1. The fourth-order valence-corrected chi connectivity index (χ4v) is 6.68. The molecule has 0 bridgehead atoms. The lowest BCUT2D eigenvalue weighted by molar-refractivity contribution is 0.132. The Bertz CT molecular complexity index is 608. The van der Waals surface area contributed by atoms with E-state index in [1.165, 1.54) is 11.3 Å². The van der Waals surface area contributed by atoms with Crippen LogP contribution in [0.25, 0.3) is 0 Å². The zero-order valence-electron chi connectivity index (χ0n) is 14.1. The van der Waals surface area contributed by atoms with Crippen LogP contribution in [-0.4, -0.2) is 41.3 Å². The maximum absolute atomic E-state index is 11.1. The van der Waals surface area contributed by atoms with E-state index in [4.69, 9.17) is 10.2 Å². The largest absolute Gasteiger partial charge is 0.393 e. The SMILES string of the molecule is NS(=O)(=O)c1ccc(S[C@H]2CC[C@H](O)CC2)s1.O[C@H]1CC[C@H](S)CC1. The second-order valence-corrected chi connectivity index (χ2v) is 11.8. The molecule has 1 aromatic rings. The zero-order chi connectivity index (χ0) is 18.4. The molecule has 1 aromatic heterocycles. The average molecular weight is 426 g/mol. The molecule has 2 aliphatic carbocycles. The smallest absolute Gasteiger partial charge is 0.247 e. The van der Waals surface area contributed by atoms with E-state index in [0.29, 0.717) is 10.5 Å². The molecule has 9 heteroatoms. The topological polar surface area (TPSA) is 101 Å². The van der Waals surface area contributed by atoms with Crippen molar-refractivity contribution in [3.8, 4) is 0 Å². The second-order valence-electron chi connectivity index (χ2n) is 6.63. The minimum atomic E-state index is -3.57. The maximum atomic E-state index is 11.1. The molecule has 5 nitrogen and oxygen atoms in total. The Morgan fingerprint density at radius 3 is 1.96 bits per heavy atom. The van der Waals surface area contributed by atoms with Crippen LogP contribution in [0.3, 0.4) is 0 Å². The highest BCUT2D eigenvalue weighted by Crippen LogP contribution is 2.37. The number of nitrogens with two attached hydrogens (primary N) is 1. The number of aliphatic hydroxyl groups is 2. The molecule has 25 heavy (non-hydrogen) atoms. The summed E-state index contributed by atoms with van der Waals surface area (Å²) in [6.07, 6.45) is 7.53. The first-order chi connectivity index (χ1) is 11.7. The van der Waals surface area contributed by atoms with E-state index >= 15 is 0 Å². The van der Waals surface area contributed by atoms with E-state index in [1.54, 1.807) is 23.9 Å². The molecular formula is C16H27NO4S4. The Labute approximate surface area is 163 Å². The summed E-state index contributed by atoms with van der Waals surface area (Å²) in [4.78, 5) is 0. The van der Waals surface area contributed by atoms with Gasteiger partial charge in [0, 0.05) is 10.5 Å². The summed E-state index contributed by atoms with van der Waals surface area (Å²) in [6, 6.07) is 3.36. The normalized spacial score (nSPS) is 30.4. The second kappa shape index (κ2) is 9.96. The van der Waals surface area contributed by atoms with Crippen LogP contribution in [0.1, 0.15) is 51.4 Å². The van der Waals surface area contributed by atoms with E-state index in [1.807, 2.05) is 0 Å². The van der Waals surface area contributed by atoms with E-state index in [0.717, 1.165) is 55.6 Å². The van der Waals surface area contributed by atoms with E-state index in [2.05, 4.69) is 12.6 Å². The zero-order valence-corrected chi connectivity index (χ0v) is 17.4. The molecule has 0 unspecified atom stereocenters. The average Bonchev–Trinajstić information content (AvgIpc) is 3.02. The predicted octanol–water partition coefficient (Wildman–Crippen LogP) is 3.01. The van der Waals surface area contributed by atoms with E-state index < -0.39 is 10.0 Å². The molecule has 0 aliphatic heterocycles. The van der Waals surface area contributed by atoms with Gasteiger partial charge in [0.25, 0.3) is 0 Å². The van der Waals surface area contributed by atoms with Crippen molar-refractivity contribution in [3.05, 3.63) is 12.1 Å². The van der Waals surface area contributed by atoms with Crippen LogP contribution < -0.4 is 5.14 Å². The van der Waals surface area contributed by atoms with Crippen molar-refractivity contribution in [1.29, 1.82) is 0 Å². The van der Waals surface area contributed by atoms with Crippen molar-refractivity contribution in [1.82, 2.24) is 0 Å². The number of aliphatic hydroxyl groups excluding tert-OH is 2. The first-order valence-electron chi connectivity index (χ1n) is 8.57. The Morgan fingerprint density at radius 1 is 1.00 bits per heavy atom. The highest BCUT2D eigenvalue weighted by molar-refractivity contribution is 8.02. The van der Waals surface area contributed by atoms with Crippen LogP contribution in [0, 0.1) is 0 Å². The van der Waals surface area contributed by atoms with Crippen LogP contribution in [0.4, 0.5) is 0 Å². The van der Waals surface area contributed by atoms with Crippen LogP contribution in [0.15, 0.2) is 20.6 Å². The maximum Gasteiger partial charge on any atom is 0.247 e. The molecule has 2 saturated carbocycles. The van der Waals surface area contributed by atoms with Crippen LogP contribution >= 0.6 is 35.7 Å². The van der Waals surface area contributed by atoms with Gasteiger partial charge in [0.15, 0.2) is 0 Å². The Morgan fingerprint density at radius 2 is 1.52 bits per heavy atom. The molecular weight excluding hydrogens is 398 g/mol. The van der Waals surface area contributed by atoms with Gasteiger partial charge in [-0.3, -0.25) is 0 Å². The predicted molar refractivity (Wildman–Crippen MR) is 107 cm³/mol. The number of hydrogen-bond acceptors (Lipinski definition) is 7. The van der Waals surface area contributed by atoms with Crippen LogP contribution in [0.2, 0.25) is 0 Å². The van der Waals surface area contributed by atoms with Crippen LogP contribution in [-0.2, 0) is 10.0 Å². The summed E-state index contributed by atoms with van der Waals surface area (Å²) in [5, 5.41) is 24.5. The Hall–Kier alpha value is 0.230. The molecule has 0 atom stereocenters. The third kappa shape index (κ3) is 7.78. The summed E-state index contributed by atoms with van der Waals surface area (Å²) < 4.78 is 23.5. The van der Waals surface area contributed by atoms with Gasteiger partial charge in [-0.15, -0.1) is 23.1 Å². The Balaban J connectivity index is 0.000000236. The number of thiophene rings is 1. The number of thioether (sulfide) groups is 1. The van der Waals surface area contributed by atoms with Gasteiger partial charge >= 0.3 is 0 Å². The third-order valence-corrected chi connectivity index (χ3v) is 8.98. The summed E-state index contributed by atoms with van der Waals surface area (Å²) in [7, 11) is -3.57. The lowest BCUT2D eigenvalue weighted by Crippen LogP contribution is -2.19. The Kier molecular flexibility index (Phi) is 8.58. The van der Waals surface area contributed by atoms with Crippen molar-refractivity contribution >= 4 is 45.8 Å². The van der Waals surface area contributed by atoms with Gasteiger partial charge in [-0.05, 0) is 63.5 Å². The number of hydrogen-bond donors (Lipinski definition) is 4. The van der Waals surface area contributed by atoms with Crippen molar-refractivity contribution in [2.75, 3.05) is 0 Å². The molecule has 0 amide bonds. The molecule has 0 saturated heterocycles. The standard InChI is InChI=1S/C10H15NO3S3.C6H12OS/c11-17(13,14)10-6-5-9(16-10)15-8-3-1-7(12)2-4-8;7-5-1-3-6(8)4-2-5/h5-8,12H,1-4H2,(H2,11,13,14);5-8H,1-4H2/t7-,8-;5-,6-. The quantitative estimate of drug-likeness (QED) is 0.558. The molecule has 3 rings (SSSR count). The fraction of sp³-hybridized carbons (Fsp3) is 0.750. The first-order valence-corrected chi connectivity index (χ1v) is 12.3. The summed E-state index contributed by atoms with van der Waals surface area (Å²) in [5.74, 6) is 0. The number of rotatable bonds is 3. The van der Waals surface area contributed by atoms with E-state index in [-0.39, 0.29) is 16.4 Å². The van der Waals surface area contributed by atoms with E-state index in [9.17, 15) is 13.5 Å². The lowest BCUT2D eigenvalue weighted by Gasteiger charge is -2.24. The van der Waals surface area contributed by atoms with Gasteiger partial charge in [0.05, 0.1) is 16.4 Å². The molecule has 144 valence electrons. The summed E-state index contributed by atoms with van der Waals surface area (Å²) in [6.45, 7) is 0. The van der Waals surface area contributed by atoms with Gasteiger partial charge in [-0.25, -0.2) is 13.6 Å². The molecule has 2 fully saturated rings. The first kappa shape index (κ1) is 21.5. The fourth-order valence-electron chi connectivity index (χ4n) is 2.91. The molecule has 2 aliphatic rings. The molecule has 0 spiro atoms. The monoisotopic (exact) mass is 425 g/mol. The molecule has 0 radical (unpaired) electrons. The third-order valence-electron chi connectivity index (χ3n) is 4.43. The van der Waals surface area contributed by atoms with Gasteiger partial charge in [-0.1, -0.05) is 0 Å². The van der Waals surface area contributed by atoms with Crippen molar-refractivity contribution < 1.29 is 18.6 Å². The van der Waals surface area contributed by atoms with Crippen molar-refractivity contribution in [2.24, 2.45) is 5.14 Å². The van der Waals surface area contributed by atoms with Gasteiger partial charge in [0.1, 0.15) is 4.21 Å².